The van der Waals surface area contributed by atoms with E-state index in [9.17, 15) is 9.59 Å². The van der Waals surface area contributed by atoms with E-state index in [1.165, 1.54) is 11.3 Å². The number of amides is 2. The number of benzene rings is 2. The lowest BCUT2D eigenvalue weighted by Gasteiger charge is -2.15. The van der Waals surface area contributed by atoms with Gasteiger partial charge in [0, 0.05) is 18.7 Å². The maximum absolute atomic E-state index is 12.3. The fourth-order valence-corrected chi connectivity index (χ4v) is 4.06. The molecule has 0 unspecified atom stereocenters. The second-order valence-corrected chi connectivity index (χ2v) is 7.42. The van der Waals surface area contributed by atoms with E-state index in [0.29, 0.717) is 11.6 Å². The molecular formula is C20H19N3O3S. The van der Waals surface area contributed by atoms with Gasteiger partial charge in [-0.1, -0.05) is 23.5 Å². The lowest BCUT2D eigenvalue weighted by atomic mass is 10.1. The van der Waals surface area contributed by atoms with Gasteiger partial charge in [0.25, 0.3) is 0 Å². The zero-order chi connectivity index (χ0) is 18.8. The SMILES string of the molecule is COc1ccc2nc(NC(=O)Cc3ccc(N4CCCC4=O)cc3)sc2c1. The first-order valence-corrected chi connectivity index (χ1v) is 9.58. The van der Waals surface area contributed by atoms with Crippen LogP contribution in [0.2, 0.25) is 0 Å². The summed E-state index contributed by atoms with van der Waals surface area (Å²) in [6.07, 6.45) is 1.77. The molecule has 1 aliphatic rings. The Morgan fingerprint density at radius 2 is 2.07 bits per heavy atom. The van der Waals surface area contributed by atoms with Crippen molar-refractivity contribution in [2.75, 3.05) is 23.9 Å². The fraction of sp³-hybridized carbons (Fsp3) is 0.250. The molecule has 0 saturated carbocycles. The van der Waals surface area contributed by atoms with Gasteiger partial charge in [0.2, 0.25) is 11.8 Å². The van der Waals surface area contributed by atoms with Gasteiger partial charge >= 0.3 is 0 Å². The molecule has 0 radical (unpaired) electrons. The van der Waals surface area contributed by atoms with Crippen molar-refractivity contribution in [2.24, 2.45) is 0 Å². The van der Waals surface area contributed by atoms with Crippen LogP contribution < -0.4 is 15.0 Å². The van der Waals surface area contributed by atoms with Crippen molar-refractivity contribution in [3.8, 4) is 5.75 Å². The Balaban J connectivity index is 1.41. The number of nitrogens with one attached hydrogen (secondary N) is 1. The van der Waals surface area contributed by atoms with Crippen molar-refractivity contribution < 1.29 is 14.3 Å². The second kappa shape index (κ2) is 7.36. The van der Waals surface area contributed by atoms with Crippen molar-refractivity contribution >= 4 is 44.2 Å². The van der Waals surface area contributed by atoms with Crippen LogP contribution in [0.3, 0.4) is 0 Å². The van der Waals surface area contributed by atoms with E-state index in [1.807, 2.05) is 42.5 Å². The van der Waals surface area contributed by atoms with E-state index in [1.54, 1.807) is 12.0 Å². The second-order valence-electron chi connectivity index (χ2n) is 6.39. The van der Waals surface area contributed by atoms with Gasteiger partial charge in [-0.15, -0.1) is 0 Å². The average Bonchev–Trinajstić information content (AvgIpc) is 3.27. The summed E-state index contributed by atoms with van der Waals surface area (Å²) in [4.78, 5) is 30.4. The lowest BCUT2D eigenvalue weighted by molar-refractivity contribution is -0.117. The summed E-state index contributed by atoms with van der Waals surface area (Å²) in [7, 11) is 1.62. The highest BCUT2D eigenvalue weighted by Gasteiger charge is 2.21. The van der Waals surface area contributed by atoms with Gasteiger partial charge in [0.1, 0.15) is 5.75 Å². The molecule has 1 aliphatic heterocycles. The van der Waals surface area contributed by atoms with E-state index in [-0.39, 0.29) is 18.2 Å². The van der Waals surface area contributed by atoms with Crippen molar-refractivity contribution in [3.05, 3.63) is 48.0 Å². The Kier molecular flexibility index (Phi) is 4.77. The summed E-state index contributed by atoms with van der Waals surface area (Å²) in [6.45, 7) is 0.765. The van der Waals surface area contributed by atoms with Gasteiger partial charge in [0.05, 0.1) is 23.7 Å². The molecule has 2 amide bonds. The number of aromatic nitrogens is 1. The molecule has 2 heterocycles. The number of hydrogen-bond donors (Lipinski definition) is 1. The van der Waals surface area contributed by atoms with Crippen LogP contribution in [0, 0.1) is 0 Å². The van der Waals surface area contributed by atoms with E-state index >= 15 is 0 Å². The minimum Gasteiger partial charge on any atom is -0.497 e. The Bertz CT molecular complexity index is 997. The van der Waals surface area contributed by atoms with Crippen LogP contribution in [0.1, 0.15) is 18.4 Å². The summed E-state index contributed by atoms with van der Waals surface area (Å²) in [5, 5.41) is 3.43. The predicted octanol–water partition coefficient (Wildman–Crippen LogP) is 3.61. The monoisotopic (exact) mass is 381 g/mol. The number of carbonyl (C=O) groups is 2. The molecule has 0 atom stereocenters. The number of methoxy groups -OCH3 is 1. The maximum Gasteiger partial charge on any atom is 0.230 e. The number of anilines is 2. The third-order valence-electron chi connectivity index (χ3n) is 4.53. The summed E-state index contributed by atoms with van der Waals surface area (Å²) < 4.78 is 6.17. The average molecular weight is 381 g/mol. The van der Waals surface area contributed by atoms with Gasteiger partial charge in [-0.25, -0.2) is 4.98 Å². The molecule has 0 aliphatic carbocycles. The minimum absolute atomic E-state index is 0.119. The molecule has 0 spiro atoms. The molecule has 0 bridgehead atoms. The highest BCUT2D eigenvalue weighted by molar-refractivity contribution is 7.22. The molecule has 1 fully saturated rings. The standard InChI is InChI=1S/C20H19N3O3S/c1-26-15-8-9-16-17(12-15)27-20(21-16)22-18(24)11-13-4-6-14(7-5-13)23-10-2-3-19(23)25/h4-9,12H,2-3,10-11H2,1H3,(H,21,22,24). The maximum atomic E-state index is 12.3. The number of rotatable bonds is 5. The summed E-state index contributed by atoms with van der Waals surface area (Å²) in [5.41, 5.74) is 2.61. The normalized spacial score (nSPS) is 14.0. The van der Waals surface area contributed by atoms with Crippen LogP contribution in [0.4, 0.5) is 10.8 Å². The molecule has 6 nitrogen and oxygen atoms in total. The van der Waals surface area contributed by atoms with Crippen LogP contribution in [-0.2, 0) is 16.0 Å². The van der Waals surface area contributed by atoms with Gasteiger partial charge in [0.15, 0.2) is 5.13 Å². The smallest absolute Gasteiger partial charge is 0.230 e. The molecule has 1 aromatic heterocycles. The highest BCUT2D eigenvalue weighted by Crippen LogP contribution is 2.29. The van der Waals surface area contributed by atoms with Crippen molar-refractivity contribution in [3.63, 3.8) is 0 Å². The number of carbonyl (C=O) groups excluding carboxylic acids is 2. The van der Waals surface area contributed by atoms with Gasteiger partial charge in [-0.05, 0) is 42.3 Å². The van der Waals surface area contributed by atoms with E-state index < -0.39 is 0 Å². The number of thiazole rings is 1. The Morgan fingerprint density at radius 1 is 1.26 bits per heavy atom. The molecule has 1 saturated heterocycles. The lowest BCUT2D eigenvalue weighted by Crippen LogP contribution is -2.23. The van der Waals surface area contributed by atoms with E-state index in [0.717, 1.165) is 40.2 Å². The molecule has 138 valence electrons. The topological polar surface area (TPSA) is 71.5 Å². The third-order valence-corrected chi connectivity index (χ3v) is 5.46. The Hall–Kier alpha value is -2.93. The fourth-order valence-electron chi connectivity index (χ4n) is 3.15. The molecular weight excluding hydrogens is 362 g/mol. The third kappa shape index (κ3) is 3.78. The van der Waals surface area contributed by atoms with E-state index in [2.05, 4.69) is 10.3 Å². The van der Waals surface area contributed by atoms with Crippen LogP contribution >= 0.6 is 11.3 Å². The molecule has 3 aromatic rings. The molecule has 4 rings (SSSR count). The Labute approximate surface area is 160 Å². The van der Waals surface area contributed by atoms with Crippen molar-refractivity contribution in [2.45, 2.75) is 19.3 Å². The molecule has 1 N–H and O–H groups in total. The quantitative estimate of drug-likeness (QED) is 0.733. The Morgan fingerprint density at radius 3 is 2.78 bits per heavy atom. The van der Waals surface area contributed by atoms with Crippen LogP contribution in [0.5, 0.6) is 5.75 Å². The first-order valence-electron chi connectivity index (χ1n) is 8.76. The number of ether oxygens (including phenoxy) is 1. The van der Waals surface area contributed by atoms with Crippen molar-refractivity contribution in [1.82, 2.24) is 4.98 Å². The summed E-state index contributed by atoms with van der Waals surface area (Å²) in [6, 6.07) is 13.2. The summed E-state index contributed by atoms with van der Waals surface area (Å²) >= 11 is 1.42. The van der Waals surface area contributed by atoms with Gasteiger partial charge < -0.3 is 15.0 Å². The molecule has 27 heavy (non-hydrogen) atoms. The number of nitrogens with zero attached hydrogens (tertiary/aromatic N) is 2. The highest BCUT2D eigenvalue weighted by atomic mass is 32.1. The minimum atomic E-state index is -0.119. The van der Waals surface area contributed by atoms with Crippen LogP contribution in [0.15, 0.2) is 42.5 Å². The zero-order valence-corrected chi connectivity index (χ0v) is 15.7. The van der Waals surface area contributed by atoms with Crippen LogP contribution in [0.25, 0.3) is 10.2 Å². The first-order chi connectivity index (χ1) is 13.1. The molecule has 2 aromatic carbocycles. The van der Waals surface area contributed by atoms with E-state index in [4.69, 9.17) is 4.74 Å². The molecule has 7 heteroatoms. The van der Waals surface area contributed by atoms with Gasteiger partial charge in [-0.2, -0.15) is 0 Å². The van der Waals surface area contributed by atoms with Crippen LogP contribution in [-0.4, -0.2) is 30.5 Å². The largest absolute Gasteiger partial charge is 0.497 e. The number of fused-ring (bicyclic) bond motifs is 1. The zero-order valence-electron chi connectivity index (χ0n) is 14.9. The predicted molar refractivity (Wildman–Crippen MR) is 107 cm³/mol. The van der Waals surface area contributed by atoms with Crippen molar-refractivity contribution in [1.29, 1.82) is 0 Å². The number of hydrogen-bond acceptors (Lipinski definition) is 5. The first kappa shape index (κ1) is 17.5. The van der Waals surface area contributed by atoms with Gasteiger partial charge in [-0.3, -0.25) is 9.59 Å². The summed E-state index contributed by atoms with van der Waals surface area (Å²) in [5.74, 6) is 0.805.